The van der Waals surface area contributed by atoms with E-state index in [0.717, 1.165) is 18.9 Å². The molecule has 0 unspecified atom stereocenters. The van der Waals surface area contributed by atoms with E-state index in [4.69, 9.17) is 11.5 Å². The molecule has 3 aromatic rings. The first kappa shape index (κ1) is 23.3. The molecule has 3 heterocycles. The lowest BCUT2D eigenvalue weighted by atomic mass is 9.95. The molecule has 1 saturated heterocycles. The van der Waals surface area contributed by atoms with Crippen molar-refractivity contribution in [1.82, 2.24) is 24.8 Å². The molecule has 2 aliphatic rings. The fraction of sp³-hybridized carbons (Fsp3) is 0.478. The molecule has 12 heteroatoms. The van der Waals surface area contributed by atoms with Crippen molar-refractivity contribution in [2.24, 2.45) is 5.73 Å². The molecule has 1 aromatic carbocycles. The van der Waals surface area contributed by atoms with Gasteiger partial charge in [-0.05, 0) is 48.9 Å². The maximum absolute atomic E-state index is 13.9. The van der Waals surface area contributed by atoms with Crippen molar-refractivity contribution in [1.29, 1.82) is 0 Å². The Morgan fingerprint density at radius 1 is 1.23 bits per heavy atom. The van der Waals surface area contributed by atoms with Crippen molar-refractivity contribution in [3.8, 4) is 0 Å². The lowest BCUT2D eigenvalue weighted by Crippen LogP contribution is -2.56. The quantitative estimate of drug-likeness (QED) is 0.485. The molecule has 2 fully saturated rings. The summed E-state index contributed by atoms with van der Waals surface area (Å²) >= 11 is 0. The van der Waals surface area contributed by atoms with Crippen molar-refractivity contribution in [2.75, 3.05) is 23.7 Å². The number of carbonyl (C=O) groups excluding carboxylic acids is 1. The van der Waals surface area contributed by atoms with Gasteiger partial charge in [-0.3, -0.25) is 4.79 Å². The van der Waals surface area contributed by atoms with Gasteiger partial charge in [-0.2, -0.15) is 13.2 Å². The van der Waals surface area contributed by atoms with E-state index in [-0.39, 0.29) is 42.8 Å². The molecule has 9 nitrogen and oxygen atoms in total. The van der Waals surface area contributed by atoms with Crippen LogP contribution in [0.4, 0.5) is 24.7 Å². The van der Waals surface area contributed by atoms with Crippen LogP contribution in [0.5, 0.6) is 0 Å². The summed E-state index contributed by atoms with van der Waals surface area (Å²) in [6.45, 7) is 2.46. The second-order valence-corrected chi connectivity index (χ2v) is 9.32. The summed E-state index contributed by atoms with van der Waals surface area (Å²) in [5, 5.41) is 2.96. The summed E-state index contributed by atoms with van der Waals surface area (Å²) in [4.78, 5) is 27.1. The number of alkyl halides is 3. The van der Waals surface area contributed by atoms with E-state index in [1.807, 2.05) is 4.90 Å². The number of rotatable bonds is 6. The van der Waals surface area contributed by atoms with Gasteiger partial charge in [0.15, 0.2) is 11.5 Å². The molecule has 5 rings (SSSR count). The van der Waals surface area contributed by atoms with Gasteiger partial charge in [-0.15, -0.1) is 0 Å². The number of fused-ring (bicyclic) bond motifs is 1. The fourth-order valence-electron chi connectivity index (χ4n) is 4.79. The molecular formula is C23H27F3N8O. The number of halogens is 3. The number of aromatic nitrogens is 4. The Balaban J connectivity index is 1.56. The maximum Gasteiger partial charge on any atom is 0.416 e. The normalized spacial score (nSPS) is 20.5. The molecule has 1 atom stereocenters. The monoisotopic (exact) mass is 488 g/mol. The van der Waals surface area contributed by atoms with Gasteiger partial charge in [0.2, 0.25) is 5.91 Å². The van der Waals surface area contributed by atoms with Gasteiger partial charge in [0, 0.05) is 24.8 Å². The van der Waals surface area contributed by atoms with E-state index in [1.165, 1.54) is 18.7 Å². The molecule has 1 aliphatic carbocycles. The number of nitrogens with one attached hydrogen (secondary N) is 1. The second kappa shape index (κ2) is 8.36. The lowest BCUT2D eigenvalue weighted by Gasteiger charge is -2.28. The molecule has 0 bridgehead atoms. The summed E-state index contributed by atoms with van der Waals surface area (Å²) in [5.74, 6) is -0.0117. The van der Waals surface area contributed by atoms with Crippen molar-refractivity contribution in [2.45, 2.75) is 56.9 Å². The van der Waals surface area contributed by atoms with E-state index < -0.39 is 17.3 Å². The molecule has 1 saturated carbocycles. The molecule has 1 amide bonds. The van der Waals surface area contributed by atoms with Crippen LogP contribution >= 0.6 is 0 Å². The average molecular weight is 489 g/mol. The second-order valence-electron chi connectivity index (χ2n) is 9.32. The van der Waals surface area contributed by atoms with Crippen molar-refractivity contribution in [3.63, 3.8) is 0 Å². The summed E-state index contributed by atoms with van der Waals surface area (Å²) < 4.78 is 43.4. The van der Waals surface area contributed by atoms with E-state index >= 15 is 0 Å². The van der Waals surface area contributed by atoms with Gasteiger partial charge < -0.3 is 26.3 Å². The van der Waals surface area contributed by atoms with Crippen LogP contribution < -0.4 is 21.7 Å². The first-order valence-corrected chi connectivity index (χ1v) is 11.6. The number of carbonyl (C=O) groups is 1. The Bertz CT molecular complexity index is 1290. The van der Waals surface area contributed by atoms with Gasteiger partial charge in [0.05, 0.1) is 18.4 Å². The molecule has 186 valence electrons. The highest BCUT2D eigenvalue weighted by molar-refractivity contribution is 5.88. The Morgan fingerprint density at radius 3 is 2.69 bits per heavy atom. The zero-order valence-corrected chi connectivity index (χ0v) is 19.3. The van der Waals surface area contributed by atoms with E-state index in [9.17, 15) is 18.0 Å². The first-order chi connectivity index (χ1) is 16.6. The Kier molecular flexibility index (Phi) is 5.58. The molecule has 5 N–H and O–H groups in total. The molecule has 0 radical (unpaired) electrons. The van der Waals surface area contributed by atoms with E-state index in [0.29, 0.717) is 35.4 Å². The van der Waals surface area contributed by atoms with Crippen LogP contribution in [-0.2, 0) is 23.9 Å². The van der Waals surface area contributed by atoms with Crippen molar-refractivity contribution in [3.05, 3.63) is 41.5 Å². The fourth-order valence-corrected chi connectivity index (χ4v) is 4.79. The third-order valence-electron chi connectivity index (χ3n) is 6.83. The van der Waals surface area contributed by atoms with Crippen LogP contribution in [0.25, 0.3) is 11.2 Å². The number of nitrogens with zero attached hydrogens (tertiary/aromatic N) is 5. The number of hydrogen-bond donors (Lipinski definition) is 3. The zero-order chi connectivity index (χ0) is 25.0. The van der Waals surface area contributed by atoms with Crippen molar-refractivity contribution >= 4 is 28.6 Å². The minimum atomic E-state index is -4.50. The number of nitrogens with two attached hydrogens (primary N) is 2. The molecular weight excluding hydrogens is 461 g/mol. The largest absolute Gasteiger partial charge is 0.416 e. The number of nitrogen functional groups attached to an aromatic ring is 1. The highest BCUT2D eigenvalue weighted by Crippen LogP contribution is 2.39. The first-order valence-electron chi connectivity index (χ1n) is 11.6. The zero-order valence-electron chi connectivity index (χ0n) is 19.3. The molecule has 0 spiro atoms. The number of benzene rings is 1. The molecule has 1 aliphatic heterocycles. The van der Waals surface area contributed by atoms with Crippen LogP contribution in [0.3, 0.4) is 0 Å². The van der Waals surface area contributed by atoms with Gasteiger partial charge in [0.25, 0.3) is 0 Å². The number of hydrogen-bond acceptors (Lipinski definition) is 7. The third kappa shape index (κ3) is 4.26. The average Bonchev–Trinajstić information content (AvgIpc) is 3.38. The van der Waals surface area contributed by atoms with Gasteiger partial charge in [0.1, 0.15) is 17.4 Å². The number of imidazole rings is 1. The Hall–Kier alpha value is -3.41. The van der Waals surface area contributed by atoms with E-state index in [1.54, 1.807) is 11.5 Å². The minimum Gasteiger partial charge on any atom is -0.382 e. The van der Waals surface area contributed by atoms with Crippen molar-refractivity contribution < 1.29 is 18.0 Å². The predicted octanol–water partition coefficient (Wildman–Crippen LogP) is 2.22. The van der Waals surface area contributed by atoms with Crippen LogP contribution in [0.1, 0.15) is 42.9 Å². The van der Waals surface area contributed by atoms with Gasteiger partial charge in [-0.25, -0.2) is 15.0 Å². The minimum absolute atomic E-state index is 0.0950. The maximum atomic E-state index is 13.9. The number of amides is 1. The summed E-state index contributed by atoms with van der Waals surface area (Å²) in [7, 11) is 0. The smallest absolute Gasteiger partial charge is 0.382 e. The standard InChI is InChI=1S/C23H27F3N8O/c1-2-14-15(9-34-12-31-18-19(27)29-11-30-20(18)34)17(6-5-16(14)23(24,25)26)33-8-7-22(28,10-33)21(35)32-13-3-4-13/h5-6,11-13H,2-4,7-10,28H2,1H3,(H,32,35)(H2,27,29,30)/t22-/m1/s1. The van der Waals surface area contributed by atoms with Crippen LogP contribution in [-0.4, -0.2) is 50.1 Å². The topological polar surface area (TPSA) is 128 Å². The molecule has 35 heavy (non-hydrogen) atoms. The highest BCUT2D eigenvalue weighted by Gasteiger charge is 2.44. The van der Waals surface area contributed by atoms with Gasteiger partial charge in [-0.1, -0.05) is 6.92 Å². The SMILES string of the molecule is CCc1c(C(F)(F)F)ccc(N2CC[C@](N)(C(=O)NC3CC3)C2)c1Cn1cnc2c(N)ncnc21. The van der Waals surface area contributed by atoms with Gasteiger partial charge >= 0.3 is 6.18 Å². The summed E-state index contributed by atoms with van der Waals surface area (Å²) in [5.41, 5.74) is 12.7. The predicted molar refractivity (Wildman–Crippen MR) is 125 cm³/mol. The summed E-state index contributed by atoms with van der Waals surface area (Å²) in [6, 6.07) is 2.77. The van der Waals surface area contributed by atoms with Crippen LogP contribution in [0.15, 0.2) is 24.8 Å². The van der Waals surface area contributed by atoms with E-state index in [2.05, 4.69) is 20.3 Å². The third-order valence-corrected chi connectivity index (χ3v) is 6.83. The lowest BCUT2D eigenvalue weighted by molar-refractivity contribution is -0.138. The number of anilines is 2. The summed E-state index contributed by atoms with van der Waals surface area (Å²) in [6.07, 6.45) is 0.763. The Labute approximate surface area is 199 Å². The highest BCUT2D eigenvalue weighted by atomic mass is 19.4. The van der Waals surface area contributed by atoms with Crippen LogP contribution in [0.2, 0.25) is 0 Å². The van der Waals surface area contributed by atoms with Crippen LogP contribution in [0, 0.1) is 0 Å². The Morgan fingerprint density at radius 2 is 2.00 bits per heavy atom. The molecule has 2 aromatic heterocycles.